The summed E-state index contributed by atoms with van der Waals surface area (Å²) in [6.45, 7) is 2.24. The van der Waals surface area contributed by atoms with Gasteiger partial charge in [-0.15, -0.1) is 0 Å². The van der Waals surface area contributed by atoms with Crippen LogP contribution in [-0.2, 0) is 16.8 Å². The van der Waals surface area contributed by atoms with Crippen molar-refractivity contribution in [1.82, 2.24) is 0 Å². The lowest BCUT2D eigenvalue weighted by Gasteiger charge is -2.09. The van der Waals surface area contributed by atoms with E-state index in [0.29, 0.717) is 12.0 Å². The first-order valence-corrected chi connectivity index (χ1v) is 11.9. The van der Waals surface area contributed by atoms with Gasteiger partial charge in [-0.2, -0.15) is 8.42 Å². The van der Waals surface area contributed by atoms with Crippen molar-refractivity contribution in [3.63, 3.8) is 0 Å². The Labute approximate surface area is 169 Å². The molecule has 7 heteroatoms. The van der Waals surface area contributed by atoms with Crippen LogP contribution in [0.5, 0.6) is 17.2 Å². The molecule has 0 aliphatic carbocycles. The fourth-order valence-electron chi connectivity index (χ4n) is 3.31. The molecule has 0 aliphatic heterocycles. The number of benzene rings is 1. The number of hydrogen-bond acceptors (Lipinski definition) is 5. The summed E-state index contributed by atoms with van der Waals surface area (Å²) in [6.07, 6.45) is 16.9. The molecule has 1 aromatic carbocycles. The van der Waals surface area contributed by atoms with E-state index >= 15 is 0 Å². The van der Waals surface area contributed by atoms with E-state index in [1.165, 1.54) is 70.3 Å². The van der Waals surface area contributed by atoms with Crippen LogP contribution < -0.4 is 4.18 Å². The Balaban J connectivity index is 2.12. The van der Waals surface area contributed by atoms with Crippen molar-refractivity contribution >= 4 is 10.4 Å². The molecule has 0 spiro atoms. The van der Waals surface area contributed by atoms with E-state index in [4.69, 9.17) is 4.55 Å². The minimum Gasteiger partial charge on any atom is -0.508 e. The number of rotatable bonds is 16. The molecule has 0 amide bonds. The molecule has 0 radical (unpaired) electrons. The Hall–Kier alpha value is -1.47. The van der Waals surface area contributed by atoms with Crippen LogP contribution >= 0.6 is 0 Å². The summed E-state index contributed by atoms with van der Waals surface area (Å²) in [5.74, 6) is -1.08. The molecule has 0 saturated carbocycles. The summed E-state index contributed by atoms with van der Waals surface area (Å²) < 4.78 is 34.3. The quantitative estimate of drug-likeness (QED) is 0.176. The maximum atomic E-state index is 10.7. The predicted octanol–water partition coefficient (Wildman–Crippen LogP) is 5.91. The van der Waals surface area contributed by atoms with Crippen LogP contribution in [0.15, 0.2) is 12.1 Å². The average molecular weight is 417 g/mol. The van der Waals surface area contributed by atoms with Gasteiger partial charge in [-0.05, 0) is 24.5 Å². The van der Waals surface area contributed by atoms with Crippen molar-refractivity contribution in [2.45, 2.75) is 96.8 Å². The second kappa shape index (κ2) is 13.7. The third-order valence-electron chi connectivity index (χ3n) is 4.90. The molecule has 0 atom stereocenters. The smallest absolute Gasteiger partial charge is 0.446 e. The zero-order valence-electron chi connectivity index (χ0n) is 17.0. The Bertz CT molecular complexity index is 657. The second-order valence-electron chi connectivity index (χ2n) is 7.45. The SMILES string of the molecule is CCCCCCCCCCCCCCCc1cc(O)c(OS(=O)(=O)O)cc1O. The van der Waals surface area contributed by atoms with Gasteiger partial charge in [0.2, 0.25) is 0 Å². The molecular weight excluding hydrogens is 380 g/mol. The third-order valence-corrected chi connectivity index (χ3v) is 5.30. The van der Waals surface area contributed by atoms with E-state index in [-0.39, 0.29) is 5.75 Å². The highest BCUT2D eigenvalue weighted by atomic mass is 32.3. The van der Waals surface area contributed by atoms with Gasteiger partial charge in [-0.25, -0.2) is 0 Å². The average Bonchev–Trinajstić information content (AvgIpc) is 2.61. The summed E-state index contributed by atoms with van der Waals surface area (Å²) in [7, 11) is -4.74. The van der Waals surface area contributed by atoms with Crippen LogP contribution in [0.1, 0.15) is 96.0 Å². The third kappa shape index (κ3) is 11.4. The van der Waals surface area contributed by atoms with Crippen LogP contribution in [0.25, 0.3) is 0 Å². The summed E-state index contributed by atoms with van der Waals surface area (Å²) in [6, 6.07) is 2.27. The Morgan fingerprint density at radius 1 is 0.750 bits per heavy atom. The molecule has 162 valence electrons. The molecular formula is C21H36O6S. The zero-order valence-corrected chi connectivity index (χ0v) is 17.8. The van der Waals surface area contributed by atoms with E-state index in [1.807, 2.05) is 0 Å². The van der Waals surface area contributed by atoms with E-state index in [9.17, 15) is 18.6 Å². The van der Waals surface area contributed by atoms with Crippen molar-refractivity contribution in [3.8, 4) is 17.2 Å². The molecule has 0 heterocycles. The summed E-state index contributed by atoms with van der Waals surface area (Å²) in [4.78, 5) is 0. The van der Waals surface area contributed by atoms with Gasteiger partial charge in [0.05, 0.1) is 0 Å². The Kier molecular flexibility index (Phi) is 12.0. The molecule has 0 unspecified atom stereocenters. The van der Waals surface area contributed by atoms with Crippen LogP contribution in [0, 0.1) is 0 Å². The summed E-state index contributed by atoms with van der Waals surface area (Å²) in [5.41, 5.74) is 0.531. The standard InChI is InChI=1S/C21H36O6S/c1-2-3-4-5-6-7-8-9-10-11-12-13-14-15-18-16-20(23)21(17-19(18)22)27-28(24,25)26/h16-17,22-23H,2-15H2,1H3,(H,24,25,26). The molecule has 0 fully saturated rings. The van der Waals surface area contributed by atoms with E-state index in [0.717, 1.165) is 25.3 Å². The van der Waals surface area contributed by atoms with Crippen molar-refractivity contribution in [2.75, 3.05) is 0 Å². The fraction of sp³-hybridized carbons (Fsp3) is 0.714. The Morgan fingerprint density at radius 2 is 1.21 bits per heavy atom. The van der Waals surface area contributed by atoms with Crippen LogP contribution in [0.2, 0.25) is 0 Å². The largest absolute Gasteiger partial charge is 0.508 e. The van der Waals surface area contributed by atoms with Gasteiger partial charge in [0.15, 0.2) is 11.5 Å². The zero-order chi connectivity index (χ0) is 20.8. The lowest BCUT2D eigenvalue weighted by molar-refractivity contribution is 0.368. The van der Waals surface area contributed by atoms with E-state index in [1.54, 1.807) is 0 Å². The molecule has 28 heavy (non-hydrogen) atoms. The number of phenolic OH excluding ortho intramolecular Hbond substituents is 2. The number of aromatic hydroxyl groups is 2. The molecule has 6 nitrogen and oxygen atoms in total. The van der Waals surface area contributed by atoms with Gasteiger partial charge < -0.3 is 14.4 Å². The van der Waals surface area contributed by atoms with Crippen molar-refractivity contribution in [3.05, 3.63) is 17.7 Å². The highest BCUT2D eigenvalue weighted by molar-refractivity contribution is 7.81. The molecule has 0 saturated heterocycles. The maximum Gasteiger partial charge on any atom is 0.446 e. The van der Waals surface area contributed by atoms with Crippen LogP contribution in [-0.4, -0.2) is 23.2 Å². The lowest BCUT2D eigenvalue weighted by Crippen LogP contribution is -2.06. The number of unbranched alkanes of at least 4 members (excludes halogenated alkanes) is 12. The monoisotopic (exact) mass is 416 g/mol. The molecule has 0 bridgehead atoms. The molecule has 0 aliphatic rings. The molecule has 0 aromatic heterocycles. The van der Waals surface area contributed by atoms with E-state index in [2.05, 4.69) is 11.1 Å². The van der Waals surface area contributed by atoms with Gasteiger partial charge >= 0.3 is 10.4 Å². The fourth-order valence-corrected chi connectivity index (χ4v) is 3.67. The first-order valence-electron chi connectivity index (χ1n) is 10.5. The first kappa shape index (κ1) is 24.6. The summed E-state index contributed by atoms with van der Waals surface area (Å²) in [5, 5.41) is 19.7. The molecule has 3 N–H and O–H groups in total. The highest BCUT2D eigenvalue weighted by Crippen LogP contribution is 2.34. The minimum atomic E-state index is -4.74. The predicted molar refractivity (Wildman–Crippen MR) is 111 cm³/mol. The first-order chi connectivity index (χ1) is 13.3. The second-order valence-corrected chi connectivity index (χ2v) is 8.47. The summed E-state index contributed by atoms with van der Waals surface area (Å²) >= 11 is 0. The van der Waals surface area contributed by atoms with Crippen molar-refractivity contribution in [1.29, 1.82) is 0 Å². The van der Waals surface area contributed by atoms with Gasteiger partial charge in [0, 0.05) is 6.07 Å². The van der Waals surface area contributed by atoms with Crippen LogP contribution in [0.3, 0.4) is 0 Å². The van der Waals surface area contributed by atoms with E-state index < -0.39 is 21.9 Å². The Morgan fingerprint density at radius 3 is 1.68 bits per heavy atom. The lowest BCUT2D eigenvalue weighted by atomic mass is 10.0. The normalized spacial score (nSPS) is 11.6. The molecule has 1 rings (SSSR count). The van der Waals surface area contributed by atoms with Crippen molar-refractivity contribution in [2.24, 2.45) is 0 Å². The van der Waals surface area contributed by atoms with Gasteiger partial charge in [-0.1, -0.05) is 84.0 Å². The number of phenols is 2. The number of hydrogen-bond donors (Lipinski definition) is 3. The highest BCUT2D eigenvalue weighted by Gasteiger charge is 2.15. The topological polar surface area (TPSA) is 104 Å². The van der Waals surface area contributed by atoms with Gasteiger partial charge in [-0.3, -0.25) is 4.55 Å². The van der Waals surface area contributed by atoms with Crippen molar-refractivity contribution < 1.29 is 27.4 Å². The van der Waals surface area contributed by atoms with Gasteiger partial charge in [0.1, 0.15) is 5.75 Å². The minimum absolute atomic E-state index is 0.157. The maximum absolute atomic E-state index is 10.7. The molecule has 1 aromatic rings. The van der Waals surface area contributed by atoms with Gasteiger partial charge in [0.25, 0.3) is 0 Å². The van der Waals surface area contributed by atoms with Crippen LogP contribution in [0.4, 0.5) is 0 Å². The number of aryl methyl sites for hydroxylation is 1.